The molecule has 0 aliphatic carbocycles. The fourth-order valence-corrected chi connectivity index (χ4v) is 3.50. The number of carbonyl (C=O) groups excluding carboxylic acids is 1. The number of halogens is 1. The summed E-state index contributed by atoms with van der Waals surface area (Å²) >= 11 is 7.28. The van der Waals surface area contributed by atoms with Gasteiger partial charge in [0, 0.05) is 17.2 Å². The molecule has 1 aromatic heterocycles. The van der Waals surface area contributed by atoms with Gasteiger partial charge in [-0.25, -0.2) is 0 Å². The van der Waals surface area contributed by atoms with Gasteiger partial charge in [-0.1, -0.05) is 23.4 Å². The topological polar surface area (TPSA) is 83.0 Å². The van der Waals surface area contributed by atoms with Gasteiger partial charge < -0.3 is 10.5 Å². The molecular weight excluding hydrogens is 348 g/mol. The van der Waals surface area contributed by atoms with Crippen molar-refractivity contribution in [2.24, 2.45) is 5.73 Å². The third kappa shape index (κ3) is 3.91. The molecule has 24 heavy (non-hydrogen) atoms. The fourth-order valence-electron chi connectivity index (χ4n) is 2.56. The Labute approximate surface area is 149 Å². The average Bonchev–Trinajstić information content (AvgIpc) is 3.19. The fraction of sp³-hybridized carbons (Fsp3) is 0.438. The van der Waals surface area contributed by atoms with E-state index in [0.717, 1.165) is 30.8 Å². The van der Waals surface area contributed by atoms with Crippen LogP contribution >= 0.6 is 23.4 Å². The third-order valence-electron chi connectivity index (χ3n) is 3.91. The van der Waals surface area contributed by atoms with Crippen molar-refractivity contribution in [2.75, 3.05) is 6.61 Å². The summed E-state index contributed by atoms with van der Waals surface area (Å²) in [5, 5.41) is 9.53. The van der Waals surface area contributed by atoms with Gasteiger partial charge in [-0.2, -0.15) is 0 Å². The standard InChI is InChI=1S/C16H19ClN4O2S/c1-10(14(18)22)24-16-20-19-15(11-4-6-12(17)7-5-11)21(16)9-13-3-2-8-23-13/h4-7,10,13H,2-3,8-9H2,1H3,(H2,18,22)/t10-,13+/m0/s1. The van der Waals surface area contributed by atoms with Gasteiger partial charge in [-0.15, -0.1) is 10.2 Å². The van der Waals surface area contributed by atoms with Crippen LogP contribution in [0, 0.1) is 0 Å². The number of carbonyl (C=O) groups is 1. The molecule has 2 aromatic rings. The lowest BCUT2D eigenvalue weighted by molar-refractivity contribution is -0.117. The van der Waals surface area contributed by atoms with E-state index in [1.807, 2.05) is 28.8 Å². The second-order valence-corrected chi connectivity index (χ2v) is 7.47. The maximum atomic E-state index is 11.4. The Morgan fingerprint density at radius 3 is 2.83 bits per heavy atom. The van der Waals surface area contributed by atoms with E-state index in [-0.39, 0.29) is 17.3 Å². The van der Waals surface area contributed by atoms with Gasteiger partial charge in [0.25, 0.3) is 0 Å². The lowest BCUT2D eigenvalue weighted by atomic mass is 10.2. The van der Waals surface area contributed by atoms with Gasteiger partial charge in [0.15, 0.2) is 11.0 Å². The molecule has 1 aliphatic heterocycles. The zero-order valence-electron chi connectivity index (χ0n) is 13.3. The predicted octanol–water partition coefficient (Wildman–Crippen LogP) is 2.74. The third-order valence-corrected chi connectivity index (χ3v) is 5.26. The molecule has 128 valence electrons. The van der Waals surface area contributed by atoms with Crippen molar-refractivity contribution in [3.8, 4) is 11.4 Å². The summed E-state index contributed by atoms with van der Waals surface area (Å²) in [5.74, 6) is 0.362. The summed E-state index contributed by atoms with van der Waals surface area (Å²) < 4.78 is 7.75. The minimum Gasteiger partial charge on any atom is -0.376 e. The Morgan fingerprint density at radius 1 is 1.46 bits per heavy atom. The molecule has 2 heterocycles. The number of ether oxygens (including phenoxy) is 1. The molecule has 1 amide bonds. The highest BCUT2D eigenvalue weighted by atomic mass is 35.5. The minimum absolute atomic E-state index is 0.135. The highest BCUT2D eigenvalue weighted by molar-refractivity contribution is 8.00. The number of aromatic nitrogens is 3. The maximum absolute atomic E-state index is 11.4. The Hall–Kier alpha value is -1.57. The summed E-state index contributed by atoms with van der Waals surface area (Å²) in [7, 11) is 0. The zero-order valence-corrected chi connectivity index (χ0v) is 14.9. The van der Waals surface area contributed by atoms with Crippen LogP contribution in [-0.4, -0.2) is 38.6 Å². The molecule has 0 saturated carbocycles. The Bertz CT molecular complexity index is 713. The molecule has 1 aliphatic rings. The van der Waals surface area contributed by atoms with E-state index >= 15 is 0 Å². The molecule has 0 radical (unpaired) electrons. The summed E-state index contributed by atoms with van der Waals surface area (Å²) in [5.41, 5.74) is 6.30. The van der Waals surface area contributed by atoms with Crippen molar-refractivity contribution in [2.45, 2.75) is 42.8 Å². The number of benzene rings is 1. The molecule has 1 aromatic carbocycles. The largest absolute Gasteiger partial charge is 0.376 e. The van der Waals surface area contributed by atoms with Crippen LogP contribution in [0.5, 0.6) is 0 Å². The Morgan fingerprint density at radius 2 is 2.21 bits per heavy atom. The molecule has 6 nitrogen and oxygen atoms in total. The first-order valence-corrected chi connectivity index (χ1v) is 9.07. The lowest BCUT2D eigenvalue weighted by Crippen LogP contribution is -2.23. The van der Waals surface area contributed by atoms with Crippen molar-refractivity contribution in [3.63, 3.8) is 0 Å². The van der Waals surface area contributed by atoms with E-state index in [1.54, 1.807) is 6.92 Å². The van der Waals surface area contributed by atoms with Crippen molar-refractivity contribution >= 4 is 29.3 Å². The number of nitrogens with zero attached hydrogens (tertiary/aromatic N) is 3. The number of primary amides is 1. The van der Waals surface area contributed by atoms with Gasteiger partial charge in [0.05, 0.1) is 17.9 Å². The summed E-state index contributed by atoms with van der Waals surface area (Å²) in [6, 6.07) is 7.45. The molecule has 2 N–H and O–H groups in total. The van der Waals surface area contributed by atoms with Gasteiger partial charge in [-0.05, 0) is 44.0 Å². The number of hydrogen-bond acceptors (Lipinski definition) is 5. The summed E-state index contributed by atoms with van der Waals surface area (Å²) in [6.07, 6.45) is 2.20. The Balaban J connectivity index is 1.93. The van der Waals surface area contributed by atoms with Gasteiger partial charge in [-0.3, -0.25) is 9.36 Å². The second-order valence-electron chi connectivity index (χ2n) is 5.72. The maximum Gasteiger partial charge on any atom is 0.230 e. The second kappa shape index (κ2) is 7.55. The minimum atomic E-state index is -0.379. The van der Waals surface area contributed by atoms with Crippen LogP contribution in [0.3, 0.4) is 0 Å². The lowest BCUT2D eigenvalue weighted by Gasteiger charge is -2.15. The van der Waals surface area contributed by atoms with Crippen LogP contribution in [-0.2, 0) is 16.1 Å². The van der Waals surface area contributed by atoms with E-state index in [4.69, 9.17) is 22.1 Å². The summed E-state index contributed by atoms with van der Waals surface area (Å²) in [4.78, 5) is 11.4. The number of rotatable bonds is 6. The van der Waals surface area contributed by atoms with Crippen LogP contribution in [0.4, 0.5) is 0 Å². The van der Waals surface area contributed by atoms with E-state index in [0.29, 0.717) is 16.7 Å². The van der Waals surface area contributed by atoms with E-state index in [1.165, 1.54) is 11.8 Å². The molecule has 8 heteroatoms. The van der Waals surface area contributed by atoms with E-state index < -0.39 is 0 Å². The first kappa shape index (κ1) is 17.3. The zero-order chi connectivity index (χ0) is 17.1. The smallest absolute Gasteiger partial charge is 0.230 e. The van der Waals surface area contributed by atoms with Crippen molar-refractivity contribution in [1.82, 2.24) is 14.8 Å². The van der Waals surface area contributed by atoms with Crippen LogP contribution in [0.2, 0.25) is 5.02 Å². The highest BCUT2D eigenvalue weighted by Crippen LogP contribution is 2.29. The summed E-state index contributed by atoms with van der Waals surface area (Å²) in [6.45, 7) is 3.20. The van der Waals surface area contributed by atoms with Crippen LogP contribution in [0.25, 0.3) is 11.4 Å². The van der Waals surface area contributed by atoms with Crippen molar-refractivity contribution < 1.29 is 9.53 Å². The van der Waals surface area contributed by atoms with Gasteiger partial charge in [0.1, 0.15) is 0 Å². The molecule has 0 unspecified atom stereocenters. The molecular formula is C16H19ClN4O2S. The number of thioether (sulfide) groups is 1. The monoisotopic (exact) mass is 366 g/mol. The molecule has 0 spiro atoms. The number of amides is 1. The number of nitrogens with two attached hydrogens (primary N) is 1. The average molecular weight is 367 g/mol. The van der Waals surface area contributed by atoms with Crippen LogP contribution < -0.4 is 5.73 Å². The predicted molar refractivity (Wildman–Crippen MR) is 94.0 cm³/mol. The molecule has 0 bridgehead atoms. The van der Waals surface area contributed by atoms with Crippen molar-refractivity contribution in [1.29, 1.82) is 0 Å². The van der Waals surface area contributed by atoms with Crippen LogP contribution in [0.1, 0.15) is 19.8 Å². The molecule has 3 rings (SSSR count). The molecule has 2 atom stereocenters. The highest BCUT2D eigenvalue weighted by Gasteiger charge is 2.23. The normalized spacial score (nSPS) is 18.7. The number of hydrogen-bond donors (Lipinski definition) is 1. The molecule has 1 saturated heterocycles. The first-order valence-electron chi connectivity index (χ1n) is 7.81. The quantitative estimate of drug-likeness (QED) is 0.795. The van der Waals surface area contributed by atoms with Crippen LogP contribution in [0.15, 0.2) is 29.4 Å². The first-order chi connectivity index (χ1) is 11.5. The Kier molecular flexibility index (Phi) is 5.43. The van der Waals surface area contributed by atoms with E-state index in [9.17, 15) is 4.79 Å². The van der Waals surface area contributed by atoms with Gasteiger partial charge >= 0.3 is 0 Å². The SMILES string of the molecule is C[C@H](Sc1nnc(-c2ccc(Cl)cc2)n1C[C@H]1CCCO1)C(N)=O. The van der Waals surface area contributed by atoms with E-state index in [2.05, 4.69) is 10.2 Å². The van der Waals surface area contributed by atoms with Crippen molar-refractivity contribution in [3.05, 3.63) is 29.3 Å². The molecule has 1 fully saturated rings. The van der Waals surface area contributed by atoms with Gasteiger partial charge in [0.2, 0.25) is 5.91 Å².